The van der Waals surface area contributed by atoms with Gasteiger partial charge < -0.3 is 20.3 Å². The van der Waals surface area contributed by atoms with Gasteiger partial charge in [0.25, 0.3) is 0 Å². The fraction of sp³-hybridized carbons (Fsp3) is 0.550. The molecule has 0 unspecified atom stereocenters. The van der Waals surface area contributed by atoms with Crippen LogP contribution in [-0.4, -0.2) is 43.5 Å². The number of anilines is 2. The minimum atomic E-state index is -0.705. The fourth-order valence-electron chi connectivity index (χ4n) is 3.71. The van der Waals surface area contributed by atoms with Crippen LogP contribution < -0.4 is 15.5 Å². The number of ether oxygens (including phenoxy) is 1. The van der Waals surface area contributed by atoms with E-state index in [0.717, 1.165) is 49.8 Å². The summed E-state index contributed by atoms with van der Waals surface area (Å²) < 4.78 is 5.44. The summed E-state index contributed by atoms with van der Waals surface area (Å²) in [6.45, 7) is 1.76. The average molecular weight is 371 g/mol. The summed E-state index contributed by atoms with van der Waals surface area (Å²) in [7, 11) is 0. The highest BCUT2D eigenvalue weighted by Gasteiger charge is 2.35. The van der Waals surface area contributed by atoms with E-state index in [4.69, 9.17) is 4.74 Å². The van der Waals surface area contributed by atoms with E-state index in [1.54, 1.807) is 12.1 Å². The summed E-state index contributed by atoms with van der Waals surface area (Å²) in [5.41, 5.74) is 2.49. The van der Waals surface area contributed by atoms with E-state index < -0.39 is 11.8 Å². The van der Waals surface area contributed by atoms with Gasteiger partial charge in [0.05, 0.1) is 6.10 Å². The summed E-state index contributed by atoms with van der Waals surface area (Å²) in [5, 5.41) is 5.26. The largest absolute Gasteiger partial charge is 0.376 e. The summed E-state index contributed by atoms with van der Waals surface area (Å²) in [6.07, 6.45) is 5.67. The van der Waals surface area contributed by atoms with Crippen LogP contribution in [0.3, 0.4) is 0 Å². The Hall–Kier alpha value is -2.41. The van der Waals surface area contributed by atoms with Crippen LogP contribution >= 0.6 is 0 Å². The molecule has 1 aliphatic carbocycles. The van der Waals surface area contributed by atoms with Crippen molar-refractivity contribution in [1.29, 1.82) is 0 Å². The van der Waals surface area contributed by atoms with E-state index in [2.05, 4.69) is 10.6 Å². The van der Waals surface area contributed by atoms with Crippen molar-refractivity contribution in [2.45, 2.75) is 44.6 Å². The van der Waals surface area contributed by atoms with Crippen molar-refractivity contribution in [3.8, 4) is 0 Å². The van der Waals surface area contributed by atoms with Crippen LogP contribution in [-0.2, 0) is 25.5 Å². The molecule has 2 N–H and O–H groups in total. The monoisotopic (exact) mass is 371 g/mol. The number of nitrogens with zero attached hydrogens (tertiary/aromatic N) is 1. The number of benzene rings is 1. The maximum atomic E-state index is 12.5. The number of hydrogen-bond donors (Lipinski definition) is 2. The van der Waals surface area contributed by atoms with Crippen LogP contribution in [0.5, 0.6) is 0 Å². The fourth-order valence-corrected chi connectivity index (χ4v) is 3.71. The molecular weight excluding hydrogens is 346 g/mol. The number of carbonyl (C=O) groups is 3. The lowest BCUT2D eigenvalue weighted by molar-refractivity contribution is -0.136. The number of aryl methyl sites for hydroxylation is 1. The highest BCUT2D eigenvalue weighted by molar-refractivity contribution is 6.39. The number of fused-ring (bicyclic) bond motifs is 1. The van der Waals surface area contributed by atoms with E-state index in [9.17, 15) is 14.4 Å². The van der Waals surface area contributed by atoms with E-state index in [1.807, 2.05) is 11.0 Å². The van der Waals surface area contributed by atoms with Gasteiger partial charge in [-0.05, 0) is 56.2 Å². The van der Waals surface area contributed by atoms with Gasteiger partial charge in [-0.2, -0.15) is 0 Å². The van der Waals surface area contributed by atoms with Gasteiger partial charge in [-0.15, -0.1) is 0 Å². The zero-order valence-corrected chi connectivity index (χ0v) is 15.3. The van der Waals surface area contributed by atoms with Crippen molar-refractivity contribution in [2.24, 2.45) is 5.92 Å². The molecule has 7 heteroatoms. The Bertz CT molecular complexity index is 754. The Balaban J connectivity index is 1.40. The third-order valence-corrected chi connectivity index (χ3v) is 5.37. The van der Waals surface area contributed by atoms with E-state index in [1.165, 1.54) is 0 Å². The number of amides is 3. The molecule has 144 valence electrons. The SMILES string of the molecule is O=C(NC[C@@H]1CCCO1)C(=O)Nc1ccc2c(c1)N(C(=O)C1CC1)CCC2. The molecular formula is C20H25N3O4. The Kier molecular flexibility index (Phi) is 5.11. The summed E-state index contributed by atoms with van der Waals surface area (Å²) in [5.74, 6) is -1.05. The van der Waals surface area contributed by atoms with Crippen LogP contribution in [0.15, 0.2) is 18.2 Å². The smallest absolute Gasteiger partial charge is 0.313 e. The topological polar surface area (TPSA) is 87.7 Å². The average Bonchev–Trinajstić information content (AvgIpc) is 3.40. The minimum absolute atomic E-state index is 0.00695. The number of rotatable bonds is 4. The second kappa shape index (κ2) is 7.68. The van der Waals surface area contributed by atoms with Crippen molar-refractivity contribution >= 4 is 29.1 Å². The summed E-state index contributed by atoms with van der Waals surface area (Å²) >= 11 is 0. The second-order valence-corrected chi connectivity index (χ2v) is 7.51. The van der Waals surface area contributed by atoms with Crippen LogP contribution in [0.2, 0.25) is 0 Å². The van der Waals surface area contributed by atoms with Crippen LogP contribution in [0.25, 0.3) is 0 Å². The first-order valence-corrected chi connectivity index (χ1v) is 9.77. The lowest BCUT2D eigenvalue weighted by Crippen LogP contribution is -2.39. The molecule has 0 radical (unpaired) electrons. The first-order chi connectivity index (χ1) is 13.1. The predicted molar refractivity (Wildman–Crippen MR) is 100 cm³/mol. The van der Waals surface area contributed by atoms with Gasteiger partial charge in [-0.1, -0.05) is 6.07 Å². The Morgan fingerprint density at radius 3 is 2.70 bits per heavy atom. The number of nitrogens with one attached hydrogen (secondary N) is 2. The van der Waals surface area contributed by atoms with Crippen LogP contribution in [0.1, 0.15) is 37.7 Å². The highest BCUT2D eigenvalue weighted by atomic mass is 16.5. The van der Waals surface area contributed by atoms with Gasteiger partial charge in [0, 0.05) is 37.0 Å². The number of hydrogen-bond acceptors (Lipinski definition) is 4. The normalized spacial score (nSPS) is 21.5. The maximum absolute atomic E-state index is 12.5. The van der Waals surface area contributed by atoms with Gasteiger partial charge in [0.15, 0.2) is 0 Å². The standard InChI is InChI=1S/C20H25N3O4/c24-18(21-12-16-4-2-10-27-16)19(25)22-15-8-7-13-3-1-9-23(17(13)11-15)20(26)14-5-6-14/h7-8,11,14,16H,1-6,9-10,12H2,(H,21,24)(H,22,25)/t16-/m0/s1. The first kappa shape index (κ1) is 18.0. The molecule has 2 heterocycles. The molecule has 4 rings (SSSR count). The molecule has 7 nitrogen and oxygen atoms in total. The van der Waals surface area contributed by atoms with E-state index in [0.29, 0.717) is 25.4 Å². The van der Waals surface area contributed by atoms with Gasteiger partial charge in [-0.25, -0.2) is 0 Å². The molecule has 3 aliphatic rings. The molecule has 3 amide bonds. The molecule has 1 aromatic carbocycles. The molecule has 0 spiro atoms. The molecule has 1 atom stereocenters. The molecule has 27 heavy (non-hydrogen) atoms. The van der Waals surface area contributed by atoms with Crippen molar-refractivity contribution in [3.05, 3.63) is 23.8 Å². The maximum Gasteiger partial charge on any atom is 0.313 e. The zero-order valence-electron chi connectivity index (χ0n) is 15.3. The summed E-state index contributed by atoms with van der Waals surface area (Å²) in [6, 6.07) is 5.52. The third-order valence-electron chi connectivity index (χ3n) is 5.37. The zero-order chi connectivity index (χ0) is 18.8. The van der Waals surface area contributed by atoms with Crippen molar-refractivity contribution in [2.75, 3.05) is 29.9 Å². The van der Waals surface area contributed by atoms with Gasteiger partial charge in [-0.3, -0.25) is 14.4 Å². The Morgan fingerprint density at radius 1 is 1.11 bits per heavy atom. The quantitative estimate of drug-likeness (QED) is 0.787. The van der Waals surface area contributed by atoms with Crippen LogP contribution in [0.4, 0.5) is 11.4 Å². The Labute approximate surface area is 158 Å². The minimum Gasteiger partial charge on any atom is -0.376 e. The lowest BCUT2D eigenvalue weighted by atomic mass is 10.0. The van der Waals surface area contributed by atoms with Crippen molar-refractivity contribution in [1.82, 2.24) is 5.32 Å². The number of carbonyl (C=O) groups excluding carboxylic acids is 3. The highest BCUT2D eigenvalue weighted by Crippen LogP contribution is 2.36. The van der Waals surface area contributed by atoms with Crippen molar-refractivity contribution in [3.63, 3.8) is 0 Å². The van der Waals surface area contributed by atoms with Crippen LogP contribution in [0, 0.1) is 5.92 Å². The van der Waals surface area contributed by atoms with Gasteiger partial charge in [0.2, 0.25) is 5.91 Å². The second-order valence-electron chi connectivity index (χ2n) is 7.51. The molecule has 1 saturated heterocycles. The van der Waals surface area contributed by atoms with Gasteiger partial charge >= 0.3 is 11.8 Å². The molecule has 0 bridgehead atoms. The molecule has 2 fully saturated rings. The molecule has 0 aromatic heterocycles. The molecule has 1 saturated carbocycles. The predicted octanol–water partition coefficient (Wildman–Crippen LogP) is 1.61. The van der Waals surface area contributed by atoms with Crippen molar-refractivity contribution < 1.29 is 19.1 Å². The molecule has 2 aliphatic heterocycles. The lowest BCUT2D eigenvalue weighted by Gasteiger charge is -2.30. The first-order valence-electron chi connectivity index (χ1n) is 9.77. The molecule has 1 aromatic rings. The van der Waals surface area contributed by atoms with Gasteiger partial charge in [0.1, 0.15) is 0 Å². The van der Waals surface area contributed by atoms with E-state index in [-0.39, 0.29) is 17.9 Å². The Morgan fingerprint density at radius 2 is 1.96 bits per heavy atom. The van der Waals surface area contributed by atoms with E-state index >= 15 is 0 Å². The third kappa shape index (κ3) is 4.13. The summed E-state index contributed by atoms with van der Waals surface area (Å²) in [4.78, 5) is 38.6.